The molecule has 0 heterocycles. The van der Waals surface area contributed by atoms with Crippen molar-refractivity contribution in [2.75, 3.05) is 12.3 Å². The van der Waals surface area contributed by atoms with E-state index in [-0.39, 0.29) is 11.3 Å². The van der Waals surface area contributed by atoms with Crippen LogP contribution in [-0.2, 0) is 0 Å². The number of nitriles is 1. The van der Waals surface area contributed by atoms with Gasteiger partial charge in [0.2, 0.25) is 0 Å². The number of anilines is 1. The molecule has 0 aromatic heterocycles. The topological polar surface area (TPSA) is 59.0 Å². The molecule has 0 saturated carbocycles. The molecule has 1 rings (SSSR count). The van der Waals surface area contributed by atoms with E-state index in [1.165, 1.54) is 18.2 Å². The number of nitrogen functional groups attached to an aromatic ring is 1. The van der Waals surface area contributed by atoms with Crippen LogP contribution in [0, 0.1) is 11.3 Å². The molecule has 0 radical (unpaired) electrons. The molecular weight excluding hydrogens is 221 g/mol. The Morgan fingerprint density at radius 3 is 2.62 bits per heavy atom. The van der Waals surface area contributed by atoms with Gasteiger partial charge in [-0.25, -0.2) is 0 Å². The Morgan fingerprint density at radius 2 is 2.06 bits per heavy atom. The quantitative estimate of drug-likeness (QED) is 0.811. The normalized spacial score (nSPS) is 10.9. The predicted molar refractivity (Wildman–Crippen MR) is 51.7 cm³/mol. The summed E-state index contributed by atoms with van der Waals surface area (Å²) in [5, 5.41) is 8.69. The fourth-order valence-electron chi connectivity index (χ4n) is 1.04. The van der Waals surface area contributed by atoms with E-state index in [0.717, 1.165) is 0 Å². The van der Waals surface area contributed by atoms with Gasteiger partial charge in [-0.2, -0.15) is 18.4 Å². The molecule has 3 nitrogen and oxygen atoms in total. The number of hydrogen-bond donors (Lipinski definition) is 1. The third-order valence-electron chi connectivity index (χ3n) is 1.77. The Kier molecular flexibility index (Phi) is 3.61. The molecule has 0 bridgehead atoms. The summed E-state index contributed by atoms with van der Waals surface area (Å²) in [6.07, 6.45) is -5.32. The Balaban J connectivity index is 2.65. The van der Waals surface area contributed by atoms with Crippen molar-refractivity contribution in [1.82, 2.24) is 0 Å². The van der Waals surface area contributed by atoms with Crippen LogP contribution in [0.4, 0.5) is 18.9 Å². The largest absolute Gasteiger partial charge is 0.492 e. The first-order valence-corrected chi connectivity index (χ1v) is 4.41. The first-order valence-electron chi connectivity index (χ1n) is 4.41. The summed E-state index contributed by atoms with van der Waals surface area (Å²) in [6.45, 7) is -0.512. The molecular formula is C10H9F3N2O. The van der Waals surface area contributed by atoms with Gasteiger partial charge in [0.25, 0.3) is 0 Å². The summed E-state index contributed by atoms with van der Waals surface area (Å²) in [7, 11) is 0. The molecule has 0 atom stereocenters. The van der Waals surface area contributed by atoms with Crippen LogP contribution < -0.4 is 10.5 Å². The van der Waals surface area contributed by atoms with Crippen molar-refractivity contribution in [3.8, 4) is 11.8 Å². The molecule has 0 spiro atoms. The van der Waals surface area contributed by atoms with Crippen LogP contribution >= 0.6 is 0 Å². The molecule has 0 amide bonds. The van der Waals surface area contributed by atoms with Crippen LogP contribution in [0.15, 0.2) is 18.2 Å². The second kappa shape index (κ2) is 4.75. The molecule has 0 saturated heterocycles. The molecule has 2 N–H and O–H groups in total. The molecule has 1 aromatic rings. The number of alkyl halides is 3. The predicted octanol–water partition coefficient (Wildman–Crippen LogP) is 2.47. The van der Waals surface area contributed by atoms with E-state index in [9.17, 15) is 13.2 Å². The van der Waals surface area contributed by atoms with E-state index in [0.29, 0.717) is 5.69 Å². The van der Waals surface area contributed by atoms with Crippen LogP contribution in [0.25, 0.3) is 0 Å². The van der Waals surface area contributed by atoms with Gasteiger partial charge in [0.05, 0.1) is 18.6 Å². The van der Waals surface area contributed by atoms with Crippen LogP contribution in [-0.4, -0.2) is 12.8 Å². The molecule has 86 valence electrons. The van der Waals surface area contributed by atoms with Crippen molar-refractivity contribution >= 4 is 5.69 Å². The van der Waals surface area contributed by atoms with Crippen LogP contribution in [0.5, 0.6) is 5.75 Å². The lowest BCUT2D eigenvalue weighted by molar-refractivity contribution is -0.139. The minimum Gasteiger partial charge on any atom is -0.492 e. The highest BCUT2D eigenvalue weighted by Crippen LogP contribution is 2.23. The van der Waals surface area contributed by atoms with Gasteiger partial charge in [0.1, 0.15) is 11.8 Å². The number of ether oxygens (including phenoxy) is 1. The maximum absolute atomic E-state index is 11.8. The third kappa shape index (κ3) is 3.69. The Morgan fingerprint density at radius 1 is 1.38 bits per heavy atom. The van der Waals surface area contributed by atoms with Crippen LogP contribution in [0.1, 0.15) is 12.0 Å². The van der Waals surface area contributed by atoms with Crippen molar-refractivity contribution in [2.45, 2.75) is 12.6 Å². The lowest BCUT2D eigenvalue weighted by Crippen LogP contribution is -2.13. The Bertz CT molecular complexity index is 410. The summed E-state index contributed by atoms with van der Waals surface area (Å²) in [5.41, 5.74) is 5.90. The number of rotatable bonds is 3. The number of nitrogens with zero attached hydrogens (tertiary/aromatic N) is 1. The van der Waals surface area contributed by atoms with Crippen LogP contribution in [0.3, 0.4) is 0 Å². The average Bonchev–Trinajstić information content (AvgIpc) is 2.18. The number of halogens is 3. The van der Waals surface area contributed by atoms with Gasteiger partial charge >= 0.3 is 6.18 Å². The highest BCUT2D eigenvalue weighted by Gasteiger charge is 2.26. The second-order valence-corrected chi connectivity index (χ2v) is 3.08. The number of hydrogen-bond acceptors (Lipinski definition) is 3. The SMILES string of the molecule is N#Cc1cc(N)ccc1OCCC(F)(F)F. The van der Waals surface area contributed by atoms with Crippen LogP contribution in [0.2, 0.25) is 0 Å². The standard InChI is InChI=1S/C10H9F3N2O/c11-10(12,13)3-4-16-9-2-1-8(15)5-7(9)6-14/h1-2,5H,3-4,15H2. The third-order valence-corrected chi connectivity index (χ3v) is 1.77. The smallest absolute Gasteiger partial charge is 0.392 e. The van der Waals surface area contributed by atoms with E-state index in [2.05, 4.69) is 0 Å². The van der Waals surface area contributed by atoms with Gasteiger partial charge in [-0.05, 0) is 18.2 Å². The molecule has 6 heteroatoms. The van der Waals surface area contributed by atoms with E-state index >= 15 is 0 Å². The van der Waals surface area contributed by atoms with Gasteiger partial charge in [-0.3, -0.25) is 0 Å². The lowest BCUT2D eigenvalue weighted by atomic mass is 10.2. The molecule has 0 aliphatic heterocycles. The van der Waals surface area contributed by atoms with E-state index in [1.54, 1.807) is 6.07 Å². The molecule has 0 aliphatic rings. The van der Waals surface area contributed by atoms with Gasteiger partial charge in [-0.15, -0.1) is 0 Å². The fourth-order valence-corrected chi connectivity index (χ4v) is 1.04. The van der Waals surface area contributed by atoms with Gasteiger partial charge < -0.3 is 10.5 Å². The summed E-state index contributed by atoms with van der Waals surface area (Å²) in [5.74, 6) is 0.112. The molecule has 0 unspecified atom stereocenters. The minimum absolute atomic E-state index is 0.112. The van der Waals surface area contributed by atoms with E-state index < -0.39 is 19.2 Å². The monoisotopic (exact) mass is 230 g/mol. The van der Waals surface area contributed by atoms with Gasteiger partial charge in [0.15, 0.2) is 0 Å². The summed E-state index contributed by atoms with van der Waals surface area (Å²) >= 11 is 0. The van der Waals surface area contributed by atoms with Crippen molar-refractivity contribution in [1.29, 1.82) is 5.26 Å². The maximum Gasteiger partial charge on any atom is 0.392 e. The molecule has 1 aromatic carbocycles. The highest BCUT2D eigenvalue weighted by molar-refractivity contribution is 5.53. The fraction of sp³-hybridized carbons (Fsp3) is 0.300. The summed E-state index contributed by atoms with van der Waals surface area (Å²) in [4.78, 5) is 0. The Hall–Kier alpha value is -1.90. The van der Waals surface area contributed by atoms with Gasteiger partial charge in [-0.1, -0.05) is 0 Å². The second-order valence-electron chi connectivity index (χ2n) is 3.08. The highest BCUT2D eigenvalue weighted by atomic mass is 19.4. The van der Waals surface area contributed by atoms with Crippen molar-refractivity contribution < 1.29 is 17.9 Å². The Labute approximate surface area is 90.2 Å². The van der Waals surface area contributed by atoms with Crippen molar-refractivity contribution in [2.24, 2.45) is 0 Å². The summed E-state index contributed by atoms with van der Waals surface area (Å²) < 4.78 is 40.4. The van der Waals surface area contributed by atoms with Crippen molar-refractivity contribution in [3.63, 3.8) is 0 Å². The number of nitrogens with two attached hydrogens (primary N) is 1. The number of benzene rings is 1. The van der Waals surface area contributed by atoms with Crippen molar-refractivity contribution in [3.05, 3.63) is 23.8 Å². The minimum atomic E-state index is -4.26. The van der Waals surface area contributed by atoms with E-state index in [4.69, 9.17) is 15.7 Å². The van der Waals surface area contributed by atoms with Gasteiger partial charge in [0, 0.05) is 5.69 Å². The zero-order chi connectivity index (χ0) is 12.2. The average molecular weight is 230 g/mol. The lowest BCUT2D eigenvalue weighted by Gasteiger charge is -2.09. The van der Waals surface area contributed by atoms with E-state index in [1.807, 2.05) is 0 Å². The zero-order valence-corrected chi connectivity index (χ0v) is 8.21. The maximum atomic E-state index is 11.8. The first kappa shape index (κ1) is 12.2. The zero-order valence-electron chi connectivity index (χ0n) is 8.21. The molecule has 16 heavy (non-hydrogen) atoms. The molecule has 0 fully saturated rings. The molecule has 0 aliphatic carbocycles. The first-order chi connectivity index (χ1) is 7.42. The summed E-state index contributed by atoms with van der Waals surface area (Å²) in [6, 6.07) is 5.99.